The molecule has 2 aromatic carbocycles. The van der Waals surface area contributed by atoms with Gasteiger partial charge in [0.15, 0.2) is 5.69 Å². The Balaban J connectivity index is 1.73. The Morgan fingerprint density at radius 2 is 1.70 bits per heavy atom. The number of benzene rings is 2. The monoisotopic (exact) mass is 654 g/mol. The van der Waals surface area contributed by atoms with Gasteiger partial charge in [0.05, 0.1) is 13.7 Å². The second kappa shape index (κ2) is 14.5. The molecule has 9 nitrogen and oxygen atoms in total. The van der Waals surface area contributed by atoms with Gasteiger partial charge in [0, 0.05) is 52.3 Å². The molecule has 3 heterocycles. The zero-order chi connectivity index (χ0) is 33.8. The summed E-state index contributed by atoms with van der Waals surface area (Å²) < 4.78 is 11.3. The maximum Gasteiger partial charge on any atom is 0.357 e. The van der Waals surface area contributed by atoms with Crippen LogP contribution in [0.2, 0.25) is 0 Å². The van der Waals surface area contributed by atoms with Gasteiger partial charge >= 0.3 is 5.97 Å². The first-order valence-corrected chi connectivity index (χ1v) is 16.9. The predicted molar refractivity (Wildman–Crippen MR) is 187 cm³/mol. The average Bonchev–Trinajstić information content (AvgIpc) is 3.47. The Morgan fingerprint density at radius 1 is 0.979 bits per heavy atom. The third-order valence-corrected chi connectivity index (χ3v) is 9.28. The summed E-state index contributed by atoms with van der Waals surface area (Å²) in [6, 6.07) is 13.0. The number of carbonyl (C=O) groups excluding carboxylic acids is 3. The highest BCUT2D eigenvalue weighted by molar-refractivity contribution is 7.13. The van der Waals surface area contributed by atoms with Crippen molar-refractivity contribution in [1.29, 1.82) is 0 Å². The van der Waals surface area contributed by atoms with Crippen LogP contribution >= 0.6 is 11.3 Å². The molecule has 4 N–H and O–H groups in total. The normalized spacial score (nSPS) is 12.2. The summed E-state index contributed by atoms with van der Waals surface area (Å²) in [5.41, 5.74) is 12.9. The Morgan fingerprint density at radius 3 is 2.34 bits per heavy atom. The van der Waals surface area contributed by atoms with Crippen LogP contribution in [-0.2, 0) is 17.7 Å². The number of anilines is 1. The van der Waals surface area contributed by atoms with Crippen molar-refractivity contribution >= 4 is 34.8 Å². The number of nitrogens with one attached hydrogen (secondary N) is 2. The van der Waals surface area contributed by atoms with E-state index in [1.165, 1.54) is 7.11 Å². The molecule has 0 bridgehead atoms. The summed E-state index contributed by atoms with van der Waals surface area (Å²) >= 11 is 1.59. The molecule has 1 aliphatic heterocycles. The SMILES string of the molecule is CCCNC(=O)c1ccc(-c2cc3c(cc2C(=O)Nc2c(C(C)C)cc(CN)cc2C(C)C)-c2sccc2CCO3)c(C(=O)OC)n1. The number of carbonyl (C=O) groups is 3. The second-order valence-electron chi connectivity index (χ2n) is 12.2. The maximum absolute atomic E-state index is 14.6. The van der Waals surface area contributed by atoms with E-state index in [1.807, 2.05) is 18.4 Å². The van der Waals surface area contributed by atoms with Gasteiger partial charge in [0.2, 0.25) is 0 Å². The summed E-state index contributed by atoms with van der Waals surface area (Å²) in [6.07, 6.45) is 1.48. The van der Waals surface area contributed by atoms with Gasteiger partial charge in [-0.15, -0.1) is 11.3 Å². The van der Waals surface area contributed by atoms with Crippen LogP contribution < -0.4 is 21.1 Å². The lowest BCUT2D eigenvalue weighted by Crippen LogP contribution is -2.26. The molecule has 0 saturated heterocycles. The number of nitrogens with two attached hydrogens (primary N) is 1. The van der Waals surface area contributed by atoms with Gasteiger partial charge in [-0.25, -0.2) is 9.78 Å². The van der Waals surface area contributed by atoms with Gasteiger partial charge in [-0.1, -0.05) is 46.8 Å². The van der Waals surface area contributed by atoms with Crippen molar-refractivity contribution < 1.29 is 23.9 Å². The van der Waals surface area contributed by atoms with Crippen LogP contribution in [0.5, 0.6) is 5.75 Å². The van der Waals surface area contributed by atoms with Crippen molar-refractivity contribution in [3.05, 3.63) is 87.0 Å². The minimum atomic E-state index is -0.727. The lowest BCUT2D eigenvalue weighted by Gasteiger charge is -2.23. The lowest BCUT2D eigenvalue weighted by atomic mass is 9.89. The van der Waals surface area contributed by atoms with E-state index < -0.39 is 11.9 Å². The van der Waals surface area contributed by atoms with Gasteiger partial charge in [0.25, 0.3) is 11.8 Å². The van der Waals surface area contributed by atoms with E-state index in [4.69, 9.17) is 15.2 Å². The first-order chi connectivity index (χ1) is 22.6. The third-order valence-electron chi connectivity index (χ3n) is 8.29. The van der Waals surface area contributed by atoms with Crippen molar-refractivity contribution in [2.75, 3.05) is 25.6 Å². The van der Waals surface area contributed by atoms with Gasteiger partial charge < -0.3 is 25.8 Å². The minimum absolute atomic E-state index is 0.0749. The number of ether oxygens (including phenoxy) is 2. The average molecular weight is 655 g/mol. The highest BCUT2D eigenvalue weighted by atomic mass is 32.1. The molecule has 246 valence electrons. The number of amides is 2. The van der Waals surface area contributed by atoms with Crippen molar-refractivity contribution in [2.45, 2.75) is 65.8 Å². The smallest absolute Gasteiger partial charge is 0.357 e. The fourth-order valence-electron chi connectivity index (χ4n) is 5.82. The highest BCUT2D eigenvalue weighted by Gasteiger charge is 2.28. The number of rotatable bonds is 10. The molecule has 2 aromatic heterocycles. The van der Waals surface area contributed by atoms with Gasteiger partial charge in [-0.3, -0.25) is 9.59 Å². The summed E-state index contributed by atoms with van der Waals surface area (Å²) in [5, 5.41) is 8.09. The van der Waals surface area contributed by atoms with E-state index in [9.17, 15) is 14.4 Å². The molecule has 0 atom stereocenters. The largest absolute Gasteiger partial charge is 0.493 e. The standard InChI is InChI=1S/C37H42N4O5S/c1-7-12-39-36(43)30-9-8-24(33(40-30)37(44)45-6)27-18-31-29(34-23(10-13-46-31)11-14-47-34)17-28(27)35(42)41-32-25(20(2)3)15-22(19-38)16-26(32)21(4)5/h8-9,11,14-18,20-21H,7,10,12-13,19,38H2,1-6H3,(H,39,43)(H,41,42). The quantitative estimate of drug-likeness (QED) is 0.153. The van der Waals surface area contributed by atoms with Crippen molar-refractivity contribution in [3.8, 4) is 27.3 Å². The topological polar surface area (TPSA) is 133 Å². The van der Waals surface area contributed by atoms with Crippen LogP contribution in [0.3, 0.4) is 0 Å². The number of aromatic nitrogens is 1. The van der Waals surface area contributed by atoms with Crippen LogP contribution in [0.4, 0.5) is 5.69 Å². The highest BCUT2D eigenvalue weighted by Crippen LogP contribution is 2.44. The van der Waals surface area contributed by atoms with E-state index >= 15 is 0 Å². The Kier molecular flexibility index (Phi) is 10.4. The Hall–Kier alpha value is -4.54. The zero-order valence-corrected chi connectivity index (χ0v) is 28.6. The third kappa shape index (κ3) is 6.94. The van der Waals surface area contributed by atoms with Crippen molar-refractivity contribution in [2.24, 2.45) is 5.73 Å². The first kappa shape index (κ1) is 33.8. The van der Waals surface area contributed by atoms with E-state index in [1.54, 1.807) is 29.5 Å². The number of thiophene rings is 1. The molecule has 10 heteroatoms. The molecule has 0 fully saturated rings. The summed E-state index contributed by atoms with van der Waals surface area (Å²) in [4.78, 5) is 46.1. The molecule has 5 rings (SSSR count). The summed E-state index contributed by atoms with van der Waals surface area (Å²) in [5.74, 6) is -0.657. The fraction of sp³-hybridized carbons (Fsp3) is 0.351. The Labute approximate surface area is 279 Å². The number of fused-ring (bicyclic) bond motifs is 3. The van der Waals surface area contributed by atoms with E-state index in [2.05, 4.69) is 61.5 Å². The molecule has 0 radical (unpaired) electrons. The van der Waals surface area contributed by atoms with Crippen LogP contribution in [0.1, 0.15) is 106 Å². The van der Waals surface area contributed by atoms with Gasteiger partial charge in [-0.2, -0.15) is 0 Å². The van der Waals surface area contributed by atoms with Gasteiger partial charge in [-0.05, 0) is 76.2 Å². The molecule has 1 aliphatic rings. The predicted octanol–water partition coefficient (Wildman–Crippen LogP) is 7.30. The number of hydrogen-bond acceptors (Lipinski definition) is 8. The summed E-state index contributed by atoms with van der Waals surface area (Å²) in [7, 11) is 1.26. The molecule has 0 saturated carbocycles. The minimum Gasteiger partial charge on any atom is -0.493 e. The lowest BCUT2D eigenvalue weighted by molar-refractivity contribution is 0.0594. The molecule has 4 aromatic rings. The van der Waals surface area contributed by atoms with Crippen LogP contribution in [0.15, 0.2) is 47.8 Å². The van der Waals surface area contributed by atoms with Crippen LogP contribution in [0, 0.1) is 0 Å². The van der Waals surface area contributed by atoms with Crippen LogP contribution in [0.25, 0.3) is 21.6 Å². The fourth-order valence-corrected chi connectivity index (χ4v) is 6.79. The molecular weight excluding hydrogens is 612 g/mol. The number of esters is 1. The number of methoxy groups -OCH3 is 1. The molecular formula is C37H42N4O5S. The number of nitrogens with zero attached hydrogens (tertiary/aromatic N) is 1. The first-order valence-electron chi connectivity index (χ1n) is 16.0. The van der Waals surface area contributed by atoms with Crippen LogP contribution in [-0.4, -0.2) is 43.0 Å². The number of pyridine rings is 1. The molecule has 2 amide bonds. The molecule has 0 spiro atoms. The maximum atomic E-state index is 14.6. The van der Waals surface area contributed by atoms with E-state index in [-0.39, 0.29) is 29.1 Å². The molecule has 0 unspecified atom stereocenters. The Bertz CT molecular complexity index is 1800. The summed E-state index contributed by atoms with van der Waals surface area (Å²) in [6.45, 7) is 11.6. The zero-order valence-electron chi connectivity index (χ0n) is 27.8. The molecule has 47 heavy (non-hydrogen) atoms. The van der Waals surface area contributed by atoms with Crippen molar-refractivity contribution in [1.82, 2.24) is 10.3 Å². The van der Waals surface area contributed by atoms with E-state index in [0.717, 1.165) is 51.2 Å². The van der Waals surface area contributed by atoms with Crippen molar-refractivity contribution in [3.63, 3.8) is 0 Å². The second-order valence-corrected chi connectivity index (χ2v) is 13.1. The van der Waals surface area contributed by atoms with E-state index in [0.29, 0.717) is 42.1 Å². The number of hydrogen-bond donors (Lipinski definition) is 3. The molecule has 0 aliphatic carbocycles. The van der Waals surface area contributed by atoms with Gasteiger partial charge in [0.1, 0.15) is 11.4 Å².